The van der Waals surface area contributed by atoms with E-state index in [1.54, 1.807) is 6.07 Å². The van der Waals surface area contributed by atoms with Crippen LogP contribution in [0.5, 0.6) is 0 Å². The van der Waals surface area contributed by atoms with Crippen LogP contribution in [0.1, 0.15) is 17.5 Å². The molecular weight excluding hydrogens is 791 g/mol. The van der Waals surface area contributed by atoms with Crippen LogP contribution in [0.3, 0.4) is 0 Å². The maximum atomic E-state index is 14.4. The molecule has 0 unspecified atom stereocenters. The van der Waals surface area contributed by atoms with Gasteiger partial charge in [0, 0.05) is 71.2 Å². The summed E-state index contributed by atoms with van der Waals surface area (Å²) in [5, 5.41) is 4.08. The van der Waals surface area contributed by atoms with Crippen LogP contribution in [-0.4, -0.2) is 67.8 Å². The molecule has 0 spiro atoms. The molecule has 5 aromatic carbocycles. The van der Waals surface area contributed by atoms with E-state index in [1.807, 2.05) is 72.8 Å². The number of aromatic nitrogens is 2. The van der Waals surface area contributed by atoms with Crippen LogP contribution in [0.4, 0.5) is 30.4 Å². The van der Waals surface area contributed by atoms with Crippen LogP contribution in [0.15, 0.2) is 131 Å². The van der Waals surface area contributed by atoms with Crippen molar-refractivity contribution in [2.24, 2.45) is 5.73 Å². The molecule has 2 heterocycles. The molecule has 1 saturated heterocycles. The Balaban J connectivity index is 1.03. The van der Waals surface area contributed by atoms with Crippen molar-refractivity contribution in [2.75, 3.05) is 53.4 Å². The number of alkyl halides is 3. The molecule has 1 atom stereocenters. The van der Waals surface area contributed by atoms with Gasteiger partial charge in [0.1, 0.15) is 6.33 Å². The van der Waals surface area contributed by atoms with E-state index in [9.17, 15) is 21.6 Å². The van der Waals surface area contributed by atoms with Crippen molar-refractivity contribution in [1.29, 1.82) is 0 Å². The van der Waals surface area contributed by atoms with Gasteiger partial charge in [-0.15, -0.1) is 11.8 Å². The van der Waals surface area contributed by atoms with Crippen LogP contribution in [0.25, 0.3) is 22.0 Å². The van der Waals surface area contributed by atoms with Gasteiger partial charge in [0.25, 0.3) is 10.0 Å². The molecule has 0 aliphatic carbocycles. The van der Waals surface area contributed by atoms with Gasteiger partial charge in [-0.3, -0.25) is 9.62 Å². The second-order valence-electron chi connectivity index (χ2n) is 13.7. The summed E-state index contributed by atoms with van der Waals surface area (Å²) in [7, 11) is -4.49. The van der Waals surface area contributed by atoms with Crippen LogP contribution < -0.4 is 20.7 Å². The fraction of sp³-hybridized carbons (Fsp3) is 0.238. The van der Waals surface area contributed by atoms with Gasteiger partial charge < -0.3 is 16.0 Å². The minimum atomic E-state index is -4.83. The highest BCUT2D eigenvalue weighted by Crippen LogP contribution is 2.38. The zero-order valence-corrected chi connectivity index (χ0v) is 33.2. The predicted molar refractivity (Wildman–Crippen MR) is 224 cm³/mol. The van der Waals surface area contributed by atoms with E-state index in [1.165, 1.54) is 29.2 Å². The Hall–Kier alpha value is -4.86. The van der Waals surface area contributed by atoms with E-state index >= 15 is 0 Å². The average molecular weight is 832 g/mol. The summed E-state index contributed by atoms with van der Waals surface area (Å²) in [5.41, 5.74) is 9.41. The number of rotatable bonds is 14. The molecule has 1 aliphatic heterocycles. The SMILES string of the molecule is NCC[C@H](CSc1ccccc1)Nc1ccc(S(=O)(=O)Nc2ncnc3cc(N4CCN(Cc5ccccc5-c5ccc(Cl)cc5)CC4)ccc23)cc1C(F)(F)F. The number of fused-ring (bicyclic) bond motifs is 1. The number of anilines is 3. The quantitative estimate of drug-likeness (QED) is 0.0926. The largest absolute Gasteiger partial charge is 0.418 e. The normalized spacial score (nSPS) is 14.4. The molecule has 0 saturated carbocycles. The van der Waals surface area contributed by atoms with Crippen molar-refractivity contribution in [3.63, 3.8) is 0 Å². The molecule has 15 heteroatoms. The Kier molecular flexibility index (Phi) is 12.6. The van der Waals surface area contributed by atoms with Crippen molar-refractivity contribution in [1.82, 2.24) is 14.9 Å². The van der Waals surface area contributed by atoms with E-state index in [2.05, 4.69) is 48.0 Å². The Morgan fingerprint density at radius 1 is 0.860 bits per heavy atom. The van der Waals surface area contributed by atoms with Gasteiger partial charge in [0.05, 0.1) is 16.0 Å². The van der Waals surface area contributed by atoms with E-state index in [4.69, 9.17) is 17.3 Å². The van der Waals surface area contributed by atoms with Gasteiger partial charge in [-0.05, 0) is 90.3 Å². The molecule has 1 aromatic heterocycles. The summed E-state index contributed by atoms with van der Waals surface area (Å²) in [6.07, 6.45) is -3.18. The second kappa shape index (κ2) is 17.7. The maximum Gasteiger partial charge on any atom is 0.418 e. The summed E-state index contributed by atoms with van der Waals surface area (Å²) < 4.78 is 72.9. The first-order valence-corrected chi connectivity index (χ1v) is 21.3. The van der Waals surface area contributed by atoms with Crippen LogP contribution in [0.2, 0.25) is 5.02 Å². The van der Waals surface area contributed by atoms with E-state index in [0.717, 1.165) is 61.0 Å². The summed E-state index contributed by atoms with van der Waals surface area (Å²) in [6.45, 7) is 4.26. The standard InChI is InChI=1S/C42H41ClF3N7O2S2/c43-31-12-10-29(11-13-31)36-9-5-4-6-30(36)26-52-20-22-53(23-21-52)33-14-16-37-40(24-33)48-28-49-41(37)51-57(54,55)35-15-17-39(38(25-35)42(44,45)46)50-32(18-19-47)27-56-34-7-2-1-3-8-34/h1-17,24-25,28,32,50H,18-23,26-27,47H2,(H,48,49,51)/t32-/m1/s1. The number of nitrogens with one attached hydrogen (secondary N) is 2. The lowest BCUT2D eigenvalue weighted by Gasteiger charge is -2.36. The lowest BCUT2D eigenvalue weighted by atomic mass is 9.99. The molecule has 9 nitrogen and oxygen atoms in total. The molecule has 0 radical (unpaired) electrons. The molecule has 296 valence electrons. The van der Waals surface area contributed by atoms with Gasteiger partial charge in [0.15, 0.2) is 5.82 Å². The molecule has 0 bridgehead atoms. The highest BCUT2D eigenvalue weighted by molar-refractivity contribution is 7.99. The third-order valence-electron chi connectivity index (χ3n) is 9.83. The molecule has 1 aliphatic rings. The Bertz CT molecular complexity index is 2420. The number of sulfonamides is 1. The van der Waals surface area contributed by atoms with Crippen molar-refractivity contribution in [2.45, 2.75) is 35.0 Å². The Labute approximate surface area is 339 Å². The van der Waals surface area contributed by atoms with E-state index < -0.39 is 32.7 Å². The number of hydrogen-bond acceptors (Lipinski definition) is 9. The molecule has 1 fully saturated rings. The zero-order chi connectivity index (χ0) is 40.0. The molecule has 6 aromatic rings. The number of benzene rings is 5. The number of nitrogens with two attached hydrogens (primary N) is 1. The fourth-order valence-corrected chi connectivity index (χ4v) is 9.04. The number of piperazine rings is 1. The zero-order valence-electron chi connectivity index (χ0n) is 30.8. The number of nitrogens with zero attached hydrogens (tertiary/aromatic N) is 4. The summed E-state index contributed by atoms with van der Waals surface area (Å²) >= 11 is 7.62. The molecule has 57 heavy (non-hydrogen) atoms. The minimum Gasteiger partial charge on any atom is -0.381 e. The molecular formula is C42H41ClF3N7O2S2. The van der Waals surface area contributed by atoms with Crippen LogP contribution in [-0.2, 0) is 22.7 Å². The number of hydrogen-bond donors (Lipinski definition) is 3. The van der Waals surface area contributed by atoms with E-state index in [0.29, 0.717) is 34.2 Å². The predicted octanol–water partition coefficient (Wildman–Crippen LogP) is 9.01. The Morgan fingerprint density at radius 3 is 2.33 bits per heavy atom. The molecule has 7 rings (SSSR count). The van der Waals surface area contributed by atoms with Gasteiger partial charge in [-0.1, -0.05) is 66.2 Å². The average Bonchev–Trinajstić information content (AvgIpc) is 3.21. The smallest absolute Gasteiger partial charge is 0.381 e. The monoisotopic (exact) mass is 831 g/mol. The second-order valence-corrected chi connectivity index (χ2v) is 16.9. The van der Waals surface area contributed by atoms with Crippen molar-refractivity contribution >= 4 is 61.5 Å². The third-order valence-corrected chi connectivity index (χ3v) is 12.6. The first-order valence-electron chi connectivity index (χ1n) is 18.4. The lowest BCUT2D eigenvalue weighted by Crippen LogP contribution is -2.46. The summed E-state index contributed by atoms with van der Waals surface area (Å²) in [5.74, 6) is 0.423. The third kappa shape index (κ3) is 10.00. The number of halogens is 4. The van der Waals surface area contributed by atoms with E-state index in [-0.39, 0.29) is 18.1 Å². The maximum absolute atomic E-state index is 14.4. The lowest BCUT2D eigenvalue weighted by molar-refractivity contribution is -0.137. The molecule has 0 amide bonds. The first-order chi connectivity index (χ1) is 27.5. The van der Waals surface area contributed by atoms with Gasteiger partial charge in [0.2, 0.25) is 0 Å². The van der Waals surface area contributed by atoms with Gasteiger partial charge in [-0.2, -0.15) is 13.2 Å². The number of thioether (sulfide) groups is 1. The summed E-state index contributed by atoms with van der Waals surface area (Å²) in [6, 6.07) is 33.8. The highest BCUT2D eigenvalue weighted by Gasteiger charge is 2.36. The van der Waals surface area contributed by atoms with Crippen LogP contribution >= 0.6 is 23.4 Å². The van der Waals surface area contributed by atoms with Crippen molar-refractivity contribution in [3.05, 3.63) is 138 Å². The van der Waals surface area contributed by atoms with Crippen molar-refractivity contribution < 1.29 is 21.6 Å². The minimum absolute atomic E-state index is 0.0348. The van der Waals surface area contributed by atoms with Crippen LogP contribution in [0, 0.1) is 0 Å². The fourth-order valence-electron chi connectivity index (χ4n) is 6.87. The highest BCUT2D eigenvalue weighted by atomic mass is 35.5. The molecule has 4 N–H and O–H groups in total. The van der Waals surface area contributed by atoms with Crippen molar-refractivity contribution in [3.8, 4) is 11.1 Å². The van der Waals surface area contributed by atoms with Gasteiger partial charge >= 0.3 is 6.18 Å². The Morgan fingerprint density at radius 2 is 1.60 bits per heavy atom. The summed E-state index contributed by atoms with van der Waals surface area (Å²) in [4.78, 5) is 13.6. The topological polar surface area (TPSA) is 116 Å². The first kappa shape index (κ1) is 40.3. The van der Waals surface area contributed by atoms with Gasteiger partial charge in [-0.25, -0.2) is 18.4 Å².